The van der Waals surface area contributed by atoms with Crippen molar-refractivity contribution in [3.63, 3.8) is 0 Å². The number of carboxylic acid groups (broad SMARTS) is 1. The van der Waals surface area contributed by atoms with E-state index in [1.54, 1.807) is 36.4 Å². The minimum Gasteiger partial charge on any atom is -0.497 e. The summed E-state index contributed by atoms with van der Waals surface area (Å²) in [7, 11) is -1.74. The number of nitrogens with one attached hydrogen (secondary N) is 1. The van der Waals surface area contributed by atoms with Crippen LogP contribution in [0.2, 0.25) is 0 Å². The molecular formula is C23H29NO6S. The summed E-state index contributed by atoms with van der Waals surface area (Å²) in [5, 5.41) is 12.3. The molecule has 0 radical (unpaired) electrons. The SMILES string of the molecule is COc1ccc(S(=O)(=O)CCCCCCCCNc2c(C=O)cccc2C(=O)O)cc1. The van der Waals surface area contributed by atoms with Crippen LogP contribution in [0.25, 0.3) is 0 Å². The van der Waals surface area contributed by atoms with Crippen LogP contribution in [0.5, 0.6) is 5.75 Å². The van der Waals surface area contributed by atoms with Crippen molar-refractivity contribution in [1.29, 1.82) is 0 Å². The van der Waals surface area contributed by atoms with Gasteiger partial charge < -0.3 is 15.2 Å². The second kappa shape index (κ2) is 12.1. The van der Waals surface area contributed by atoms with Crippen LogP contribution in [0.1, 0.15) is 59.2 Å². The molecule has 31 heavy (non-hydrogen) atoms. The van der Waals surface area contributed by atoms with E-state index in [9.17, 15) is 23.1 Å². The van der Waals surface area contributed by atoms with Crippen molar-refractivity contribution >= 4 is 27.8 Å². The first kappa shape index (κ1) is 24.4. The molecule has 2 N–H and O–H groups in total. The largest absolute Gasteiger partial charge is 0.497 e. The zero-order valence-electron chi connectivity index (χ0n) is 17.7. The van der Waals surface area contributed by atoms with Crippen molar-refractivity contribution in [3.8, 4) is 5.75 Å². The summed E-state index contributed by atoms with van der Waals surface area (Å²) >= 11 is 0. The van der Waals surface area contributed by atoms with Gasteiger partial charge in [-0.1, -0.05) is 31.7 Å². The lowest BCUT2D eigenvalue weighted by Gasteiger charge is -2.11. The van der Waals surface area contributed by atoms with Gasteiger partial charge in [0.05, 0.1) is 29.0 Å². The molecule has 0 atom stereocenters. The number of carboxylic acids is 1. The van der Waals surface area contributed by atoms with Crippen LogP contribution < -0.4 is 10.1 Å². The fourth-order valence-corrected chi connectivity index (χ4v) is 4.65. The van der Waals surface area contributed by atoms with E-state index in [-0.39, 0.29) is 11.3 Å². The van der Waals surface area contributed by atoms with Crippen LogP contribution in [-0.2, 0) is 9.84 Å². The number of methoxy groups -OCH3 is 1. The quantitative estimate of drug-likeness (QED) is 0.325. The second-order valence-corrected chi connectivity index (χ2v) is 9.34. The summed E-state index contributed by atoms with van der Waals surface area (Å²) in [4.78, 5) is 22.8. The molecule has 7 nitrogen and oxygen atoms in total. The average molecular weight is 448 g/mol. The lowest BCUT2D eigenvalue weighted by atomic mass is 10.1. The number of unbranched alkanes of at least 4 members (excludes halogenated alkanes) is 5. The molecule has 0 saturated carbocycles. The number of carbonyl (C=O) groups is 2. The molecule has 0 unspecified atom stereocenters. The van der Waals surface area contributed by atoms with E-state index >= 15 is 0 Å². The van der Waals surface area contributed by atoms with Crippen LogP contribution in [0.15, 0.2) is 47.4 Å². The third-order valence-corrected chi connectivity index (χ3v) is 6.83. The van der Waals surface area contributed by atoms with Crippen LogP contribution >= 0.6 is 0 Å². The van der Waals surface area contributed by atoms with Crippen LogP contribution in [-0.4, -0.2) is 45.2 Å². The summed E-state index contributed by atoms with van der Waals surface area (Å²) < 4.78 is 29.8. The topological polar surface area (TPSA) is 110 Å². The van der Waals surface area contributed by atoms with Crippen molar-refractivity contribution in [2.75, 3.05) is 24.7 Å². The maximum absolute atomic E-state index is 12.4. The summed E-state index contributed by atoms with van der Waals surface area (Å²) in [6, 6.07) is 11.0. The van der Waals surface area contributed by atoms with Gasteiger partial charge in [0.2, 0.25) is 0 Å². The van der Waals surface area contributed by atoms with Crippen molar-refractivity contribution in [3.05, 3.63) is 53.6 Å². The number of benzene rings is 2. The predicted octanol–water partition coefficient (Wildman–Crippen LogP) is 4.43. The molecule has 0 bridgehead atoms. The Morgan fingerprint density at radius 2 is 1.65 bits per heavy atom. The van der Waals surface area contributed by atoms with Crippen molar-refractivity contribution < 1.29 is 27.9 Å². The third-order valence-electron chi connectivity index (χ3n) is 5.01. The number of hydrogen-bond donors (Lipinski definition) is 2. The van der Waals surface area contributed by atoms with E-state index in [1.165, 1.54) is 13.2 Å². The molecule has 168 valence electrons. The van der Waals surface area contributed by atoms with Crippen LogP contribution in [0.4, 0.5) is 5.69 Å². The number of anilines is 1. The first-order valence-corrected chi connectivity index (χ1v) is 12.0. The van der Waals surface area contributed by atoms with Crippen molar-refractivity contribution in [1.82, 2.24) is 0 Å². The smallest absolute Gasteiger partial charge is 0.337 e. The van der Waals surface area contributed by atoms with Gasteiger partial charge in [-0.2, -0.15) is 0 Å². The highest BCUT2D eigenvalue weighted by atomic mass is 32.2. The molecule has 2 rings (SSSR count). The van der Waals surface area contributed by atoms with Gasteiger partial charge in [-0.15, -0.1) is 0 Å². The Labute approximate surface area is 183 Å². The second-order valence-electron chi connectivity index (χ2n) is 7.24. The number of para-hydroxylation sites is 1. The molecule has 0 aliphatic carbocycles. The van der Waals surface area contributed by atoms with E-state index in [0.717, 1.165) is 32.1 Å². The molecule has 8 heteroatoms. The lowest BCUT2D eigenvalue weighted by Crippen LogP contribution is -2.10. The fourth-order valence-electron chi connectivity index (χ4n) is 3.28. The number of rotatable bonds is 14. The molecule has 0 spiro atoms. The first-order valence-electron chi connectivity index (χ1n) is 10.3. The summed E-state index contributed by atoms with van der Waals surface area (Å²) in [6.45, 7) is 0.566. The Bertz CT molecular complexity index is 970. The van der Waals surface area contributed by atoms with E-state index in [0.29, 0.717) is 41.1 Å². The molecule has 0 aromatic heterocycles. The minimum atomic E-state index is -3.28. The zero-order chi connectivity index (χ0) is 22.7. The number of aldehydes is 1. The van der Waals surface area contributed by atoms with Gasteiger partial charge in [0, 0.05) is 12.1 Å². The standard InChI is InChI=1S/C23H29NO6S/c1-30-19-11-13-20(14-12-19)31(28,29)16-7-5-3-2-4-6-15-24-22-18(17-25)9-8-10-21(22)23(26)27/h8-14,17,24H,2-7,15-16H2,1H3,(H,26,27). The molecule has 0 aliphatic rings. The zero-order valence-corrected chi connectivity index (χ0v) is 18.5. The summed E-state index contributed by atoms with van der Waals surface area (Å²) in [5.74, 6) is -0.320. The first-order chi connectivity index (χ1) is 14.9. The lowest BCUT2D eigenvalue weighted by molar-refractivity contribution is 0.0698. The third kappa shape index (κ3) is 7.40. The normalized spacial score (nSPS) is 11.1. The molecule has 2 aromatic rings. The van der Waals surface area contributed by atoms with Gasteiger partial charge in [0.15, 0.2) is 16.1 Å². The highest BCUT2D eigenvalue weighted by Gasteiger charge is 2.14. The molecule has 0 amide bonds. The van der Waals surface area contributed by atoms with E-state index in [4.69, 9.17) is 4.74 Å². The van der Waals surface area contributed by atoms with Gasteiger partial charge in [0.1, 0.15) is 5.75 Å². The van der Waals surface area contributed by atoms with Gasteiger partial charge in [0.25, 0.3) is 0 Å². The molecule has 0 saturated heterocycles. The Morgan fingerprint density at radius 1 is 1.00 bits per heavy atom. The number of hydrogen-bond acceptors (Lipinski definition) is 6. The van der Waals surface area contributed by atoms with Crippen molar-refractivity contribution in [2.24, 2.45) is 0 Å². The fraction of sp³-hybridized carbons (Fsp3) is 0.391. The Morgan fingerprint density at radius 3 is 2.26 bits per heavy atom. The Hall–Kier alpha value is -2.87. The maximum Gasteiger partial charge on any atom is 0.337 e. The Balaban J connectivity index is 1.65. The minimum absolute atomic E-state index is 0.0858. The van der Waals surface area contributed by atoms with Gasteiger partial charge >= 0.3 is 5.97 Å². The van der Waals surface area contributed by atoms with Crippen molar-refractivity contribution in [2.45, 2.75) is 43.4 Å². The Kier molecular flexibility index (Phi) is 9.52. The monoisotopic (exact) mass is 447 g/mol. The summed E-state index contributed by atoms with van der Waals surface area (Å²) in [5.41, 5.74) is 0.773. The highest BCUT2D eigenvalue weighted by molar-refractivity contribution is 7.91. The molecule has 0 heterocycles. The molecule has 2 aromatic carbocycles. The average Bonchev–Trinajstić information content (AvgIpc) is 2.77. The van der Waals surface area contributed by atoms with Gasteiger partial charge in [-0.25, -0.2) is 13.2 Å². The van der Waals surface area contributed by atoms with E-state index in [2.05, 4.69) is 5.32 Å². The van der Waals surface area contributed by atoms with Gasteiger partial charge in [-0.05, 0) is 49.2 Å². The van der Waals surface area contributed by atoms with Crippen LogP contribution in [0.3, 0.4) is 0 Å². The van der Waals surface area contributed by atoms with E-state index < -0.39 is 15.8 Å². The maximum atomic E-state index is 12.4. The highest BCUT2D eigenvalue weighted by Crippen LogP contribution is 2.21. The molecular weight excluding hydrogens is 418 g/mol. The van der Waals surface area contributed by atoms with Crippen LogP contribution in [0, 0.1) is 0 Å². The number of carbonyl (C=O) groups excluding carboxylic acids is 1. The van der Waals surface area contributed by atoms with Gasteiger partial charge in [-0.3, -0.25) is 4.79 Å². The van der Waals surface area contributed by atoms with E-state index in [1.807, 2.05) is 0 Å². The molecule has 0 aliphatic heterocycles. The number of ether oxygens (including phenoxy) is 1. The summed E-state index contributed by atoms with van der Waals surface area (Å²) in [6.07, 6.45) is 5.76. The molecule has 0 fully saturated rings. The number of aromatic carboxylic acids is 1. The number of sulfone groups is 1. The predicted molar refractivity (Wildman–Crippen MR) is 120 cm³/mol.